The van der Waals surface area contributed by atoms with Crippen LogP contribution in [0.5, 0.6) is 0 Å². The fraction of sp³-hybridized carbons (Fsp3) is 0.375. The zero-order valence-corrected chi connectivity index (χ0v) is 13.1. The molecule has 0 aliphatic carbocycles. The van der Waals surface area contributed by atoms with Crippen molar-refractivity contribution in [1.29, 1.82) is 0 Å². The van der Waals surface area contributed by atoms with E-state index in [9.17, 15) is 0 Å². The van der Waals surface area contributed by atoms with Crippen LogP contribution in [0.3, 0.4) is 0 Å². The fourth-order valence-electron chi connectivity index (χ4n) is 1.99. The molecule has 0 aliphatic heterocycles. The molecule has 0 spiro atoms. The van der Waals surface area contributed by atoms with Crippen molar-refractivity contribution in [2.75, 3.05) is 12.8 Å². The Morgan fingerprint density at radius 2 is 1.90 bits per heavy atom. The fourth-order valence-corrected chi connectivity index (χ4v) is 2.39. The maximum absolute atomic E-state index is 4.65. The van der Waals surface area contributed by atoms with Crippen LogP contribution in [-0.4, -0.2) is 22.8 Å². The van der Waals surface area contributed by atoms with Crippen LogP contribution in [0.1, 0.15) is 24.7 Å². The van der Waals surface area contributed by atoms with E-state index in [1.54, 1.807) is 11.8 Å². The number of nitrogens with zero attached hydrogens (tertiary/aromatic N) is 2. The zero-order chi connectivity index (χ0) is 14.4. The lowest BCUT2D eigenvalue weighted by Gasteiger charge is -2.07. The number of benzene rings is 1. The smallest absolute Gasteiger partial charge is 0.159 e. The van der Waals surface area contributed by atoms with Gasteiger partial charge in [-0.15, -0.1) is 11.8 Å². The third-order valence-corrected chi connectivity index (χ3v) is 3.73. The maximum atomic E-state index is 4.65. The van der Waals surface area contributed by atoms with Gasteiger partial charge in [0.2, 0.25) is 0 Å². The summed E-state index contributed by atoms with van der Waals surface area (Å²) in [7, 11) is 0. The minimum atomic E-state index is 0.799. The minimum Gasteiger partial charge on any atom is -0.311 e. The van der Waals surface area contributed by atoms with Crippen molar-refractivity contribution >= 4 is 11.8 Å². The lowest BCUT2D eigenvalue weighted by molar-refractivity contribution is 0.662. The van der Waals surface area contributed by atoms with Crippen LogP contribution in [-0.2, 0) is 6.54 Å². The van der Waals surface area contributed by atoms with Gasteiger partial charge >= 0.3 is 0 Å². The maximum Gasteiger partial charge on any atom is 0.159 e. The van der Waals surface area contributed by atoms with Gasteiger partial charge in [-0.25, -0.2) is 9.97 Å². The summed E-state index contributed by atoms with van der Waals surface area (Å²) in [5, 5.41) is 3.38. The van der Waals surface area contributed by atoms with Crippen molar-refractivity contribution in [2.24, 2.45) is 0 Å². The summed E-state index contributed by atoms with van der Waals surface area (Å²) in [6.45, 7) is 6.00. The summed E-state index contributed by atoms with van der Waals surface area (Å²) in [6.07, 6.45) is 3.21. The van der Waals surface area contributed by atoms with Crippen LogP contribution < -0.4 is 5.32 Å². The van der Waals surface area contributed by atoms with Crippen LogP contribution >= 0.6 is 11.8 Å². The summed E-state index contributed by atoms with van der Waals surface area (Å²) in [5.41, 5.74) is 3.13. The second-order valence-corrected chi connectivity index (χ2v) is 5.61. The molecule has 0 fully saturated rings. The van der Waals surface area contributed by atoms with Crippen molar-refractivity contribution in [1.82, 2.24) is 15.3 Å². The molecule has 3 nitrogen and oxygen atoms in total. The number of nitrogens with one attached hydrogen (secondary N) is 1. The third-order valence-electron chi connectivity index (χ3n) is 2.99. The molecular formula is C16H21N3S. The van der Waals surface area contributed by atoms with E-state index in [0.29, 0.717) is 0 Å². The van der Waals surface area contributed by atoms with Gasteiger partial charge in [-0.2, -0.15) is 0 Å². The molecule has 1 aromatic heterocycles. The second kappa shape index (κ2) is 7.41. The topological polar surface area (TPSA) is 37.8 Å². The Morgan fingerprint density at radius 3 is 2.55 bits per heavy atom. The number of hydrogen-bond acceptors (Lipinski definition) is 4. The van der Waals surface area contributed by atoms with Gasteiger partial charge in [-0.1, -0.05) is 19.1 Å². The standard InChI is InChI=1S/C16H21N3S/c1-4-9-17-11-14-10-12(2)18-16(19-14)13-5-7-15(20-3)8-6-13/h5-8,10,17H,4,9,11H2,1-3H3. The van der Waals surface area contributed by atoms with Crippen molar-refractivity contribution in [3.05, 3.63) is 41.7 Å². The molecular weight excluding hydrogens is 266 g/mol. The highest BCUT2D eigenvalue weighted by atomic mass is 32.2. The average molecular weight is 287 g/mol. The Morgan fingerprint density at radius 1 is 1.15 bits per heavy atom. The van der Waals surface area contributed by atoms with E-state index in [1.807, 2.05) is 13.0 Å². The molecule has 20 heavy (non-hydrogen) atoms. The number of rotatable bonds is 6. The Bertz CT molecular complexity index is 552. The Labute approximate surface area is 125 Å². The largest absolute Gasteiger partial charge is 0.311 e. The van der Waals surface area contributed by atoms with Gasteiger partial charge in [-0.3, -0.25) is 0 Å². The van der Waals surface area contributed by atoms with E-state index in [0.717, 1.165) is 42.3 Å². The number of aromatic nitrogens is 2. The molecule has 0 amide bonds. The van der Waals surface area contributed by atoms with Gasteiger partial charge in [0, 0.05) is 22.7 Å². The Kier molecular flexibility index (Phi) is 5.56. The predicted octanol–water partition coefficient (Wildman–Crippen LogP) is 3.67. The third kappa shape index (κ3) is 4.05. The molecule has 0 radical (unpaired) electrons. The highest BCUT2D eigenvalue weighted by Crippen LogP contribution is 2.21. The summed E-state index contributed by atoms with van der Waals surface area (Å²) < 4.78 is 0. The monoisotopic (exact) mass is 287 g/mol. The summed E-state index contributed by atoms with van der Waals surface area (Å²) in [5.74, 6) is 0.811. The van der Waals surface area contributed by atoms with E-state index >= 15 is 0 Å². The van der Waals surface area contributed by atoms with Crippen LogP contribution in [0.15, 0.2) is 35.2 Å². The minimum absolute atomic E-state index is 0.799. The molecule has 0 saturated carbocycles. The molecule has 1 aromatic carbocycles. The van der Waals surface area contributed by atoms with Crippen LogP contribution in [0.4, 0.5) is 0 Å². The summed E-state index contributed by atoms with van der Waals surface area (Å²) >= 11 is 1.74. The normalized spacial score (nSPS) is 10.8. The highest BCUT2D eigenvalue weighted by molar-refractivity contribution is 7.98. The van der Waals surface area contributed by atoms with Crippen molar-refractivity contribution < 1.29 is 0 Å². The van der Waals surface area contributed by atoms with Crippen molar-refractivity contribution in [2.45, 2.75) is 31.7 Å². The molecule has 1 heterocycles. The van der Waals surface area contributed by atoms with Gasteiger partial charge < -0.3 is 5.32 Å². The molecule has 2 aromatic rings. The first-order valence-corrected chi connectivity index (χ1v) is 8.15. The van der Waals surface area contributed by atoms with Gasteiger partial charge in [0.05, 0.1) is 5.69 Å². The molecule has 106 valence electrons. The van der Waals surface area contributed by atoms with Crippen LogP contribution in [0.2, 0.25) is 0 Å². The van der Waals surface area contributed by atoms with Crippen LogP contribution in [0.25, 0.3) is 11.4 Å². The predicted molar refractivity (Wildman–Crippen MR) is 86.0 cm³/mol. The van der Waals surface area contributed by atoms with E-state index < -0.39 is 0 Å². The first-order chi connectivity index (χ1) is 9.72. The van der Waals surface area contributed by atoms with Gasteiger partial charge in [0.1, 0.15) is 0 Å². The quantitative estimate of drug-likeness (QED) is 0.650. The Hall–Kier alpha value is -1.39. The first kappa shape index (κ1) is 15.0. The number of hydrogen-bond donors (Lipinski definition) is 1. The van der Waals surface area contributed by atoms with Crippen molar-refractivity contribution in [3.8, 4) is 11.4 Å². The molecule has 2 rings (SSSR count). The molecule has 0 unspecified atom stereocenters. The highest BCUT2D eigenvalue weighted by Gasteiger charge is 2.05. The Balaban J connectivity index is 2.21. The van der Waals surface area contributed by atoms with E-state index in [4.69, 9.17) is 0 Å². The molecule has 0 bridgehead atoms. The van der Waals surface area contributed by atoms with Crippen LogP contribution in [0, 0.1) is 6.92 Å². The SMILES string of the molecule is CCCNCc1cc(C)nc(-c2ccc(SC)cc2)n1. The molecule has 4 heteroatoms. The number of thioether (sulfide) groups is 1. The van der Waals surface area contributed by atoms with E-state index in [-0.39, 0.29) is 0 Å². The van der Waals surface area contributed by atoms with Gasteiger partial charge in [0.15, 0.2) is 5.82 Å². The lowest BCUT2D eigenvalue weighted by Crippen LogP contribution is -2.15. The number of aryl methyl sites for hydroxylation is 1. The summed E-state index contributed by atoms with van der Waals surface area (Å²) in [4.78, 5) is 10.4. The van der Waals surface area contributed by atoms with E-state index in [2.05, 4.69) is 52.7 Å². The molecule has 0 atom stereocenters. The molecule has 0 saturated heterocycles. The zero-order valence-electron chi connectivity index (χ0n) is 12.3. The van der Waals surface area contributed by atoms with E-state index in [1.165, 1.54) is 4.90 Å². The van der Waals surface area contributed by atoms with Gasteiger partial charge in [-0.05, 0) is 44.3 Å². The van der Waals surface area contributed by atoms with Gasteiger partial charge in [0.25, 0.3) is 0 Å². The first-order valence-electron chi connectivity index (χ1n) is 6.92. The lowest BCUT2D eigenvalue weighted by atomic mass is 10.2. The average Bonchev–Trinajstić information content (AvgIpc) is 2.47. The van der Waals surface area contributed by atoms with Crippen molar-refractivity contribution in [3.63, 3.8) is 0 Å². The molecule has 1 N–H and O–H groups in total. The second-order valence-electron chi connectivity index (χ2n) is 4.73. The molecule has 0 aliphatic rings. The summed E-state index contributed by atoms with van der Waals surface area (Å²) in [6, 6.07) is 10.4.